The van der Waals surface area contributed by atoms with Crippen LogP contribution in [0.25, 0.3) is 0 Å². The largest absolute Gasteiger partial charge is 2.00 e. The molecule has 0 spiro atoms. The van der Waals surface area contributed by atoms with E-state index in [1.807, 2.05) is 88.4 Å². The maximum Gasteiger partial charge on any atom is 2.00 e. The summed E-state index contributed by atoms with van der Waals surface area (Å²) in [5.74, 6) is 0. The van der Waals surface area contributed by atoms with Crippen LogP contribution < -0.4 is 0 Å². The Bertz CT molecular complexity index is 200. The summed E-state index contributed by atoms with van der Waals surface area (Å²) in [6, 6.07) is 25.0. The fourth-order valence-electron chi connectivity index (χ4n) is 0.684. The summed E-state index contributed by atoms with van der Waals surface area (Å²) in [4.78, 5) is 0. The van der Waals surface area contributed by atoms with E-state index in [2.05, 4.69) is 26.0 Å². The molecular weight excluding hydrogens is 452 g/mol. The molecule has 2 rings (SSSR count). The van der Waals surface area contributed by atoms with Crippen molar-refractivity contribution in [3.8, 4) is 0 Å². The van der Waals surface area contributed by atoms with E-state index in [1.54, 1.807) is 0 Å². The standard InChI is InChI=1S/2C6H5.C3H8.2C2H6.CH4O.CH4.W/c2*1-2-4-6-5-3-1;1-3-2;3*1-2;;/h2*1-5H;3H2,1-2H3;2*1-2H3;2H,1H3;1H4;/q2*-1;;;;;;+2. The van der Waals surface area contributed by atoms with Gasteiger partial charge in [0.05, 0.1) is 0 Å². The molecule has 0 aliphatic rings. The number of rotatable bonds is 0. The van der Waals surface area contributed by atoms with Gasteiger partial charge in [0.2, 0.25) is 0 Å². The van der Waals surface area contributed by atoms with Gasteiger partial charge in [-0.2, -0.15) is 72.8 Å². The molecule has 0 aliphatic heterocycles. The molecule has 2 aromatic rings. The van der Waals surface area contributed by atoms with E-state index in [0.717, 1.165) is 7.11 Å². The Morgan fingerprint density at radius 3 is 0.826 bits per heavy atom. The Labute approximate surface area is 161 Å². The zero-order valence-electron chi connectivity index (χ0n) is 15.3. The molecule has 0 bridgehead atoms. The SMILES string of the molecule is C.CC.CC.CCC.CO.[W+2].[c-]1ccccc1.[c-]1ccccc1. The second-order valence-corrected chi connectivity index (χ2v) is 2.86. The van der Waals surface area contributed by atoms with Gasteiger partial charge in [0.1, 0.15) is 0 Å². The van der Waals surface area contributed by atoms with E-state index >= 15 is 0 Å². The van der Waals surface area contributed by atoms with E-state index in [0.29, 0.717) is 0 Å². The molecule has 134 valence electrons. The fourth-order valence-corrected chi connectivity index (χ4v) is 0.684. The van der Waals surface area contributed by atoms with Crippen molar-refractivity contribution < 1.29 is 26.2 Å². The van der Waals surface area contributed by atoms with Crippen molar-refractivity contribution in [2.45, 2.75) is 55.4 Å². The Morgan fingerprint density at radius 1 is 0.609 bits per heavy atom. The Balaban J connectivity index is -0.0000000403. The maximum absolute atomic E-state index is 7.00. The fraction of sp³-hybridized carbons (Fsp3) is 0.429. The Hall–Kier alpha value is -0.912. The second kappa shape index (κ2) is 58.2. The normalized spacial score (nSPS) is 5.74. The third kappa shape index (κ3) is 62.5. The average Bonchev–Trinajstić information content (AvgIpc) is 2.64. The first-order valence-electron chi connectivity index (χ1n) is 7.68. The van der Waals surface area contributed by atoms with Crippen molar-refractivity contribution in [2.75, 3.05) is 7.11 Å². The van der Waals surface area contributed by atoms with Crippen molar-refractivity contribution in [1.82, 2.24) is 0 Å². The number of aliphatic hydroxyl groups excluding tert-OH is 1. The van der Waals surface area contributed by atoms with Gasteiger partial charge in [0.15, 0.2) is 0 Å². The first-order valence-corrected chi connectivity index (χ1v) is 7.68. The van der Waals surface area contributed by atoms with Gasteiger partial charge in [0.25, 0.3) is 0 Å². The summed E-state index contributed by atoms with van der Waals surface area (Å²) in [6.07, 6.45) is 1.25. The van der Waals surface area contributed by atoms with Crippen LogP contribution in [0.5, 0.6) is 0 Å². The van der Waals surface area contributed by atoms with Crippen LogP contribution >= 0.6 is 0 Å². The summed E-state index contributed by atoms with van der Waals surface area (Å²) < 4.78 is 0. The van der Waals surface area contributed by atoms with Crippen LogP contribution in [0.15, 0.2) is 60.7 Å². The van der Waals surface area contributed by atoms with E-state index < -0.39 is 0 Å². The molecule has 0 aliphatic carbocycles. The van der Waals surface area contributed by atoms with Crippen LogP contribution in [-0.4, -0.2) is 12.2 Å². The first kappa shape index (κ1) is 38.0. The summed E-state index contributed by atoms with van der Waals surface area (Å²) in [5.41, 5.74) is 0. The quantitative estimate of drug-likeness (QED) is 0.409. The van der Waals surface area contributed by atoms with Crippen molar-refractivity contribution in [2.24, 2.45) is 0 Å². The summed E-state index contributed by atoms with van der Waals surface area (Å²) in [7, 11) is 1.00. The first-order chi connectivity index (χ1) is 10.4. The molecule has 0 saturated carbocycles. The second-order valence-electron chi connectivity index (χ2n) is 2.86. The zero-order valence-corrected chi connectivity index (χ0v) is 18.3. The zero-order chi connectivity index (χ0) is 17.2. The predicted molar refractivity (Wildman–Crippen MR) is 104 cm³/mol. The van der Waals surface area contributed by atoms with Crippen molar-refractivity contribution >= 4 is 0 Å². The van der Waals surface area contributed by atoms with E-state index in [4.69, 9.17) is 5.11 Å². The number of aliphatic hydroxyl groups is 1. The molecule has 2 heteroatoms. The monoisotopic (exact) mass is 490 g/mol. The number of benzene rings is 2. The molecule has 0 atom stereocenters. The molecule has 0 heterocycles. The molecule has 2 aromatic carbocycles. The molecule has 0 saturated heterocycles. The van der Waals surface area contributed by atoms with Gasteiger partial charge >= 0.3 is 21.1 Å². The molecule has 0 fully saturated rings. The van der Waals surface area contributed by atoms with Crippen LogP contribution in [-0.2, 0) is 21.1 Å². The third-order valence-electron chi connectivity index (χ3n) is 1.21. The van der Waals surface area contributed by atoms with Gasteiger partial charge in [-0.1, -0.05) is 55.4 Å². The third-order valence-corrected chi connectivity index (χ3v) is 1.21. The Morgan fingerprint density at radius 2 is 0.783 bits per heavy atom. The molecule has 0 radical (unpaired) electrons. The molecule has 0 amide bonds. The molecular formula is C21H38OW. The van der Waals surface area contributed by atoms with Gasteiger partial charge in [0, 0.05) is 7.11 Å². The minimum Gasteiger partial charge on any atom is -0.400 e. The van der Waals surface area contributed by atoms with Crippen LogP contribution in [0.4, 0.5) is 0 Å². The number of hydrogen-bond acceptors (Lipinski definition) is 1. The van der Waals surface area contributed by atoms with E-state index in [1.165, 1.54) is 6.42 Å². The van der Waals surface area contributed by atoms with Gasteiger partial charge < -0.3 is 5.11 Å². The van der Waals surface area contributed by atoms with Crippen LogP contribution in [0.2, 0.25) is 0 Å². The molecule has 0 unspecified atom stereocenters. The van der Waals surface area contributed by atoms with Gasteiger partial charge in [-0.25, -0.2) is 0 Å². The Kier molecular flexibility index (Phi) is 96.1. The minimum absolute atomic E-state index is 0. The molecule has 1 nitrogen and oxygen atoms in total. The van der Waals surface area contributed by atoms with Crippen molar-refractivity contribution in [1.29, 1.82) is 0 Å². The summed E-state index contributed by atoms with van der Waals surface area (Å²) in [5, 5.41) is 7.00. The van der Waals surface area contributed by atoms with Crippen molar-refractivity contribution in [3.63, 3.8) is 0 Å². The van der Waals surface area contributed by atoms with Gasteiger partial charge in [-0.3, -0.25) is 0 Å². The molecule has 0 aromatic heterocycles. The van der Waals surface area contributed by atoms with Crippen LogP contribution in [0.3, 0.4) is 0 Å². The van der Waals surface area contributed by atoms with Crippen molar-refractivity contribution in [3.05, 3.63) is 72.8 Å². The van der Waals surface area contributed by atoms with E-state index in [9.17, 15) is 0 Å². The van der Waals surface area contributed by atoms with Crippen LogP contribution in [0.1, 0.15) is 55.4 Å². The van der Waals surface area contributed by atoms with Gasteiger partial charge in [-0.15, -0.1) is 0 Å². The number of hydrogen-bond donors (Lipinski definition) is 1. The minimum atomic E-state index is 0. The summed E-state index contributed by atoms with van der Waals surface area (Å²) >= 11 is 0. The summed E-state index contributed by atoms with van der Waals surface area (Å²) in [6.45, 7) is 12.2. The van der Waals surface area contributed by atoms with E-state index in [-0.39, 0.29) is 28.5 Å². The van der Waals surface area contributed by atoms with Gasteiger partial charge in [-0.05, 0) is 0 Å². The van der Waals surface area contributed by atoms with Crippen LogP contribution in [0, 0.1) is 12.1 Å². The maximum atomic E-state index is 7.00. The molecule has 23 heavy (non-hydrogen) atoms. The topological polar surface area (TPSA) is 20.2 Å². The predicted octanol–water partition coefficient (Wildman–Crippen LogP) is 6.68. The average molecular weight is 490 g/mol. The smallest absolute Gasteiger partial charge is 0.400 e. The molecule has 1 N–H and O–H groups in total.